The van der Waals surface area contributed by atoms with Crippen molar-refractivity contribution in [3.8, 4) is 0 Å². The predicted molar refractivity (Wildman–Crippen MR) is 55.5 cm³/mol. The highest BCUT2D eigenvalue weighted by molar-refractivity contribution is 7.99. The van der Waals surface area contributed by atoms with Gasteiger partial charge in [0.15, 0.2) is 0 Å². The number of alkyl halides is 1. The van der Waals surface area contributed by atoms with E-state index in [9.17, 15) is 9.18 Å². The van der Waals surface area contributed by atoms with Gasteiger partial charge in [0.05, 0.1) is 5.75 Å². The first-order chi connectivity index (χ1) is 6.63. The van der Waals surface area contributed by atoms with Crippen LogP contribution >= 0.6 is 11.8 Å². The maximum absolute atomic E-state index is 13.0. The fourth-order valence-electron chi connectivity index (χ4n) is 1.77. The van der Waals surface area contributed by atoms with Gasteiger partial charge in [0.1, 0.15) is 6.17 Å². The van der Waals surface area contributed by atoms with Gasteiger partial charge in [-0.15, -0.1) is 11.8 Å². The van der Waals surface area contributed by atoms with Crippen LogP contribution in [-0.2, 0) is 4.79 Å². The molecular weight excluding hydrogens is 205 g/mol. The van der Waals surface area contributed by atoms with Crippen LogP contribution in [0.3, 0.4) is 0 Å². The van der Waals surface area contributed by atoms with Crippen LogP contribution in [0.15, 0.2) is 0 Å². The van der Waals surface area contributed by atoms with Crippen molar-refractivity contribution >= 4 is 17.7 Å². The molecule has 0 aromatic rings. The summed E-state index contributed by atoms with van der Waals surface area (Å²) in [6, 6.07) is 0.222. The second-order valence-electron chi connectivity index (χ2n) is 3.48. The molecule has 1 heterocycles. The van der Waals surface area contributed by atoms with E-state index in [-0.39, 0.29) is 11.8 Å². The molecule has 1 aliphatic rings. The van der Waals surface area contributed by atoms with Gasteiger partial charge in [0.25, 0.3) is 0 Å². The molecule has 0 radical (unpaired) electrons. The van der Waals surface area contributed by atoms with Gasteiger partial charge in [-0.25, -0.2) is 4.39 Å². The lowest BCUT2D eigenvalue weighted by Gasteiger charge is -2.21. The van der Waals surface area contributed by atoms with Gasteiger partial charge in [-0.3, -0.25) is 9.69 Å². The monoisotopic (exact) mass is 221 g/mol. The smallest absolute Gasteiger partial charge is 0.313 e. The summed E-state index contributed by atoms with van der Waals surface area (Å²) in [6.45, 7) is 3.36. The number of nitrogens with zero attached hydrogens (tertiary/aromatic N) is 1. The Morgan fingerprint density at radius 3 is 3.00 bits per heavy atom. The van der Waals surface area contributed by atoms with Gasteiger partial charge in [0.2, 0.25) is 0 Å². The standard InChI is InChI=1S/C9H16FNO2S/c1-2-11-4-7(10)3-8(11)5-14-6-9(12)13/h7-8H,2-6H2,1H3,(H,12,13). The average molecular weight is 221 g/mol. The highest BCUT2D eigenvalue weighted by Gasteiger charge is 2.30. The third-order valence-electron chi connectivity index (χ3n) is 2.42. The molecule has 0 amide bonds. The highest BCUT2D eigenvalue weighted by Crippen LogP contribution is 2.22. The van der Waals surface area contributed by atoms with Crippen molar-refractivity contribution in [1.82, 2.24) is 4.90 Å². The number of aliphatic carboxylic acids is 1. The van der Waals surface area contributed by atoms with Crippen molar-refractivity contribution in [1.29, 1.82) is 0 Å². The third-order valence-corrected chi connectivity index (χ3v) is 3.49. The van der Waals surface area contributed by atoms with Gasteiger partial charge < -0.3 is 5.11 Å². The Balaban J connectivity index is 2.25. The van der Waals surface area contributed by atoms with Crippen LogP contribution in [0.1, 0.15) is 13.3 Å². The molecule has 0 aromatic heterocycles. The Kier molecular flexibility index (Phi) is 4.68. The molecule has 14 heavy (non-hydrogen) atoms. The quantitative estimate of drug-likeness (QED) is 0.758. The van der Waals surface area contributed by atoms with Crippen LogP contribution in [-0.4, -0.2) is 52.8 Å². The number of halogens is 1. The van der Waals surface area contributed by atoms with Crippen molar-refractivity contribution in [2.24, 2.45) is 0 Å². The first kappa shape index (κ1) is 11.8. The summed E-state index contributed by atoms with van der Waals surface area (Å²) in [7, 11) is 0. The zero-order chi connectivity index (χ0) is 10.6. The highest BCUT2D eigenvalue weighted by atomic mass is 32.2. The Hall–Kier alpha value is -0.290. The summed E-state index contributed by atoms with van der Waals surface area (Å²) in [4.78, 5) is 12.4. The molecule has 0 aliphatic carbocycles. The van der Waals surface area contributed by atoms with Gasteiger partial charge in [0, 0.05) is 18.3 Å². The minimum Gasteiger partial charge on any atom is -0.481 e. The Bertz CT molecular complexity index is 203. The normalized spacial score (nSPS) is 28.1. The average Bonchev–Trinajstić information content (AvgIpc) is 2.45. The van der Waals surface area contributed by atoms with E-state index in [1.54, 1.807) is 0 Å². The second-order valence-corrected chi connectivity index (χ2v) is 4.51. The molecule has 0 spiro atoms. The lowest BCUT2D eigenvalue weighted by atomic mass is 10.2. The van der Waals surface area contributed by atoms with E-state index < -0.39 is 12.1 Å². The molecule has 1 fully saturated rings. The van der Waals surface area contributed by atoms with E-state index in [0.29, 0.717) is 13.0 Å². The van der Waals surface area contributed by atoms with Crippen LogP contribution < -0.4 is 0 Å². The Morgan fingerprint density at radius 1 is 1.71 bits per heavy atom. The van der Waals surface area contributed by atoms with E-state index in [1.165, 1.54) is 11.8 Å². The molecule has 1 aliphatic heterocycles. The van der Waals surface area contributed by atoms with Crippen LogP contribution in [0.2, 0.25) is 0 Å². The first-order valence-electron chi connectivity index (χ1n) is 4.81. The number of carboxylic acid groups (broad SMARTS) is 1. The van der Waals surface area contributed by atoms with Gasteiger partial charge in [-0.1, -0.05) is 6.92 Å². The maximum atomic E-state index is 13.0. The summed E-state index contributed by atoms with van der Waals surface area (Å²) in [5.74, 6) is 0.0406. The van der Waals surface area contributed by atoms with Gasteiger partial charge in [-0.2, -0.15) is 0 Å². The minimum atomic E-state index is -0.798. The van der Waals surface area contributed by atoms with E-state index >= 15 is 0 Å². The van der Waals surface area contributed by atoms with E-state index in [4.69, 9.17) is 5.11 Å². The molecule has 5 heteroatoms. The number of hydrogen-bond donors (Lipinski definition) is 1. The number of rotatable bonds is 5. The number of likely N-dealkylation sites (tertiary alicyclic amines) is 1. The van der Waals surface area contributed by atoms with Gasteiger partial charge in [-0.05, 0) is 13.0 Å². The lowest BCUT2D eigenvalue weighted by Crippen LogP contribution is -2.31. The van der Waals surface area contributed by atoms with Crippen molar-refractivity contribution < 1.29 is 14.3 Å². The molecule has 0 aromatic carbocycles. The maximum Gasteiger partial charge on any atom is 0.313 e. The zero-order valence-corrected chi connectivity index (χ0v) is 9.10. The molecule has 0 bridgehead atoms. The van der Waals surface area contributed by atoms with Crippen molar-refractivity contribution in [2.75, 3.05) is 24.6 Å². The van der Waals surface area contributed by atoms with Crippen LogP contribution in [0, 0.1) is 0 Å². The summed E-state index contributed by atoms with van der Waals surface area (Å²) >= 11 is 1.37. The number of carboxylic acids is 1. The molecule has 1 saturated heterocycles. The third kappa shape index (κ3) is 3.46. The molecule has 3 nitrogen and oxygen atoms in total. The lowest BCUT2D eigenvalue weighted by molar-refractivity contribution is -0.133. The summed E-state index contributed by atoms with van der Waals surface area (Å²) < 4.78 is 13.0. The molecule has 0 saturated carbocycles. The summed E-state index contributed by atoms with van der Waals surface area (Å²) in [6.07, 6.45) is -0.175. The first-order valence-corrected chi connectivity index (χ1v) is 5.96. The molecular formula is C9H16FNO2S. The molecule has 1 N–H and O–H groups in total. The van der Waals surface area contributed by atoms with E-state index in [2.05, 4.69) is 4.90 Å². The summed E-state index contributed by atoms with van der Waals surface area (Å²) in [5, 5.41) is 8.45. The number of hydrogen-bond acceptors (Lipinski definition) is 3. The number of thioether (sulfide) groups is 1. The van der Waals surface area contributed by atoms with Crippen molar-refractivity contribution in [3.63, 3.8) is 0 Å². The SMILES string of the molecule is CCN1CC(F)CC1CSCC(=O)O. The van der Waals surface area contributed by atoms with Crippen LogP contribution in [0.4, 0.5) is 4.39 Å². The number of carbonyl (C=O) groups is 1. The molecule has 82 valence electrons. The Morgan fingerprint density at radius 2 is 2.43 bits per heavy atom. The molecule has 2 unspecified atom stereocenters. The topological polar surface area (TPSA) is 40.5 Å². The molecule has 2 atom stereocenters. The van der Waals surface area contributed by atoms with E-state index in [0.717, 1.165) is 12.3 Å². The fourth-order valence-corrected chi connectivity index (χ4v) is 2.68. The van der Waals surface area contributed by atoms with Crippen LogP contribution in [0.5, 0.6) is 0 Å². The van der Waals surface area contributed by atoms with E-state index in [1.807, 2.05) is 6.92 Å². The minimum absolute atomic E-state index is 0.116. The summed E-state index contributed by atoms with van der Waals surface area (Å²) in [5.41, 5.74) is 0. The largest absolute Gasteiger partial charge is 0.481 e. The van der Waals surface area contributed by atoms with Gasteiger partial charge >= 0.3 is 5.97 Å². The van der Waals surface area contributed by atoms with Crippen molar-refractivity contribution in [2.45, 2.75) is 25.6 Å². The predicted octanol–water partition coefficient (Wildman–Crippen LogP) is 1.24. The second kappa shape index (κ2) is 5.56. The zero-order valence-electron chi connectivity index (χ0n) is 8.28. The van der Waals surface area contributed by atoms with Crippen LogP contribution in [0.25, 0.3) is 0 Å². The molecule has 1 rings (SSSR count). The Labute approximate surface area is 87.7 Å². The van der Waals surface area contributed by atoms with Crippen molar-refractivity contribution in [3.05, 3.63) is 0 Å². The fraction of sp³-hybridized carbons (Fsp3) is 0.889.